The van der Waals surface area contributed by atoms with Crippen molar-refractivity contribution in [2.45, 2.75) is 38.1 Å². The van der Waals surface area contributed by atoms with Gasteiger partial charge in [0.1, 0.15) is 5.41 Å². The minimum absolute atomic E-state index is 0.00866. The number of oxime groups is 1. The Labute approximate surface area is 114 Å². The third-order valence-electron chi connectivity index (χ3n) is 4.68. The number of nitrogens with two attached hydrogens (primary N) is 1. The second kappa shape index (κ2) is 5.36. The van der Waals surface area contributed by atoms with Crippen molar-refractivity contribution in [1.82, 2.24) is 9.80 Å². The predicted octanol–water partition coefficient (Wildman–Crippen LogP) is 0.456. The Hall–Kier alpha value is -1.30. The molecule has 2 fully saturated rings. The fraction of sp³-hybridized carbons (Fsp3) is 0.846. The van der Waals surface area contributed by atoms with E-state index in [1.54, 1.807) is 0 Å². The second-order valence-corrected chi connectivity index (χ2v) is 5.90. The Morgan fingerprint density at radius 2 is 2.16 bits per heavy atom. The lowest BCUT2D eigenvalue weighted by Crippen LogP contribution is -2.58. The van der Waals surface area contributed by atoms with Gasteiger partial charge in [0.2, 0.25) is 5.91 Å². The molecular weight excluding hydrogens is 244 g/mol. The van der Waals surface area contributed by atoms with Crippen LogP contribution in [-0.4, -0.2) is 60.0 Å². The summed E-state index contributed by atoms with van der Waals surface area (Å²) in [6.45, 7) is 1.98. The molecule has 0 aromatic carbocycles. The minimum atomic E-state index is -0.750. The number of carbonyl (C=O) groups is 1. The first-order valence-corrected chi connectivity index (χ1v) is 6.95. The zero-order valence-electron chi connectivity index (χ0n) is 11.8. The van der Waals surface area contributed by atoms with E-state index in [-0.39, 0.29) is 17.8 Å². The number of hydrogen-bond donors (Lipinski definition) is 2. The van der Waals surface area contributed by atoms with Gasteiger partial charge in [-0.25, -0.2) is 0 Å². The third kappa shape index (κ3) is 2.41. The number of nitrogens with zero attached hydrogens (tertiary/aromatic N) is 3. The third-order valence-corrected chi connectivity index (χ3v) is 4.68. The average molecular weight is 268 g/mol. The van der Waals surface area contributed by atoms with Crippen LogP contribution in [0.5, 0.6) is 0 Å². The van der Waals surface area contributed by atoms with Gasteiger partial charge in [-0.05, 0) is 39.3 Å². The maximum absolute atomic E-state index is 12.7. The molecule has 1 aliphatic carbocycles. The molecule has 2 aliphatic rings. The van der Waals surface area contributed by atoms with Crippen LogP contribution in [0.4, 0.5) is 0 Å². The number of carbonyl (C=O) groups excluding carboxylic acids is 1. The van der Waals surface area contributed by atoms with Gasteiger partial charge in [0.15, 0.2) is 5.84 Å². The van der Waals surface area contributed by atoms with Gasteiger partial charge in [0.25, 0.3) is 0 Å². The van der Waals surface area contributed by atoms with Crippen molar-refractivity contribution in [3.63, 3.8) is 0 Å². The number of likely N-dealkylation sites (tertiary alicyclic amines) is 1. The highest BCUT2D eigenvalue weighted by Crippen LogP contribution is 2.43. The average Bonchev–Trinajstić information content (AvgIpc) is 2.36. The van der Waals surface area contributed by atoms with E-state index in [4.69, 9.17) is 10.9 Å². The molecule has 1 amide bonds. The molecule has 6 nitrogen and oxygen atoms in total. The SMILES string of the molecule is CN1CCCC(N(C)C(=O)C2(C(N)=NO)CCC2)C1. The molecule has 0 radical (unpaired) electrons. The van der Waals surface area contributed by atoms with Crippen molar-refractivity contribution in [1.29, 1.82) is 0 Å². The molecule has 6 heteroatoms. The molecule has 0 spiro atoms. The van der Waals surface area contributed by atoms with Gasteiger partial charge in [0, 0.05) is 19.6 Å². The molecule has 2 rings (SSSR count). The molecule has 1 saturated heterocycles. The van der Waals surface area contributed by atoms with E-state index in [9.17, 15) is 4.79 Å². The Kier molecular flexibility index (Phi) is 3.99. The van der Waals surface area contributed by atoms with E-state index >= 15 is 0 Å². The summed E-state index contributed by atoms with van der Waals surface area (Å²) in [5, 5.41) is 12.0. The topological polar surface area (TPSA) is 82.2 Å². The fourth-order valence-electron chi connectivity index (χ4n) is 3.16. The molecule has 19 heavy (non-hydrogen) atoms. The molecule has 0 bridgehead atoms. The van der Waals surface area contributed by atoms with Crippen LogP contribution < -0.4 is 5.73 Å². The van der Waals surface area contributed by atoms with Crippen LogP contribution in [0.1, 0.15) is 32.1 Å². The Bertz CT molecular complexity index is 379. The highest BCUT2D eigenvalue weighted by Gasteiger charge is 2.50. The normalized spacial score (nSPS) is 27.7. The number of amidine groups is 1. The summed E-state index contributed by atoms with van der Waals surface area (Å²) in [6.07, 6.45) is 4.47. The van der Waals surface area contributed by atoms with Crippen LogP contribution in [0.3, 0.4) is 0 Å². The molecule has 1 saturated carbocycles. The van der Waals surface area contributed by atoms with Crippen molar-refractivity contribution in [3.8, 4) is 0 Å². The monoisotopic (exact) mass is 268 g/mol. The predicted molar refractivity (Wildman–Crippen MR) is 73.0 cm³/mol. The molecule has 108 valence electrons. The maximum Gasteiger partial charge on any atom is 0.236 e. The summed E-state index contributed by atoms with van der Waals surface area (Å²) in [6, 6.07) is 0.232. The Morgan fingerprint density at radius 3 is 2.63 bits per heavy atom. The largest absolute Gasteiger partial charge is 0.409 e. The van der Waals surface area contributed by atoms with Gasteiger partial charge in [-0.2, -0.15) is 0 Å². The first kappa shape index (κ1) is 14.1. The zero-order chi connectivity index (χ0) is 14.0. The van der Waals surface area contributed by atoms with Crippen molar-refractivity contribution in [3.05, 3.63) is 0 Å². The minimum Gasteiger partial charge on any atom is -0.409 e. The molecule has 1 atom stereocenters. The molecule has 1 heterocycles. The van der Waals surface area contributed by atoms with Crippen LogP contribution in [0.15, 0.2) is 5.16 Å². The Balaban J connectivity index is 2.09. The zero-order valence-corrected chi connectivity index (χ0v) is 11.8. The summed E-state index contributed by atoms with van der Waals surface area (Å²) in [5.41, 5.74) is 5.00. The summed E-state index contributed by atoms with van der Waals surface area (Å²) in [5.74, 6) is 0.0779. The van der Waals surface area contributed by atoms with E-state index in [1.165, 1.54) is 0 Å². The molecule has 1 unspecified atom stereocenters. The van der Waals surface area contributed by atoms with E-state index in [0.29, 0.717) is 12.8 Å². The molecular formula is C13H24N4O2. The van der Waals surface area contributed by atoms with Gasteiger partial charge in [-0.15, -0.1) is 0 Å². The first-order valence-electron chi connectivity index (χ1n) is 6.95. The quantitative estimate of drug-likeness (QED) is 0.337. The lowest BCUT2D eigenvalue weighted by Gasteiger charge is -2.45. The fourth-order valence-corrected chi connectivity index (χ4v) is 3.16. The number of likely N-dealkylation sites (N-methyl/N-ethyl adjacent to an activating group) is 2. The summed E-state index contributed by atoms with van der Waals surface area (Å²) in [7, 11) is 3.92. The van der Waals surface area contributed by atoms with E-state index in [1.807, 2.05) is 11.9 Å². The number of rotatable bonds is 3. The smallest absolute Gasteiger partial charge is 0.236 e. The Morgan fingerprint density at radius 1 is 1.47 bits per heavy atom. The number of amides is 1. The van der Waals surface area contributed by atoms with Crippen LogP contribution in [0.25, 0.3) is 0 Å². The van der Waals surface area contributed by atoms with E-state index in [2.05, 4.69) is 17.1 Å². The van der Waals surface area contributed by atoms with Gasteiger partial charge >= 0.3 is 0 Å². The second-order valence-electron chi connectivity index (χ2n) is 5.90. The van der Waals surface area contributed by atoms with E-state index < -0.39 is 5.41 Å². The molecule has 1 aliphatic heterocycles. The maximum atomic E-state index is 12.7. The first-order chi connectivity index (χ1) is 9.01. The van der Waals surface area contributed by atoms with E-state index in [0.717, 1.165) is 32.4 Å². The van der Waals surface area contributed by atoms with Crippen LogP contribution >= 0.6 is 0 Å². The van der Waals surface area contributed by atoms with Gasteiger partial charge in [-0.1, -0.05) is 11.6 Å². The van der Waals surface area contributed by atoms with Crippen molar-refractivity contribution < 1.29 is 10.0 Å². The van der Waals surface area contributed by atoms with Crippen molar-refractivity contribution in [2.75, 3.05) is 27.2 Å². The van der Waals surface area contributed by atoms with Crippen LogP contribution in [0.2, 0.25) is 0 Å². The van der Waals surface area contributed by atoms with Gasteiger partial charge in [-0.3, -0.25) is 4.79 Å². The van der Waals surface area contributed by atoms with Crippen LogP contribution in [-0.2, 0) is 4.79 Å². The standard InChI is InChI=1S/C13H24N4O2/c1-16-8-3-5-10(9-16)17(2)12(18)13(6-4-7-13)11(14)15-19/h10,19H,3-9H2,1-2H3,(H2,14,15). The highest BCUT2D eigenvalue weighted by molar-refractivity contribution is 6.07. The van der Waals surface area contributed by atoms with Gasteiger partial charge in [0.05, 0.1) is 0 Å². The highest BCUT2D eigenvalue weighted by atomic mass is 16.4. The number of piperidine rings is 1. The van der Waals surface area contributed by atoms with Crippen LogP contribution in [0, 0.1) is 5.41 Å². The number of hydrogen-bond acceptors (Lipinski definition) is 4. The summed E-state index contributed by atoms with van der Waals surface area (Å²) >= 11 is 0. The van der Waals surface area contributed by atoms with Gasteiger partial charge < -0.3 is 20.7 Å². The molecule has 0 aromatic rings. The summed E-state index contributed by atoms with van der Waals surface area (Å²) < 4.78 is 0. The van der Waals surface area contributed by atoms with Crippen molar-refractivity contribution in [2.24, 2.45) is 16.3 Å². The van der Waals surface area contributed by atoms with Crippen molar-refractivity contribution >= 4 is 11.7 Å². The molecule has 3 N–H and O–H groups in total. The lowest BCUT2D eigenvalue weighted by molar-refractivity contribution is -0.144. The molecule has 0 aromatic heterocycles. The lowest BCUT2D eigenvalue weighted by atomic mass is 9.66. The summed E-state index contributed by atoms with van der Waals surface area (Å²) in [4.78, 5) is 16.7.